The predicted octanol–water partition coefficient (Wildman–Crippen LogP) is 0.538. The van der Waals surface area contributed by atoms with Gasteiger partial charge in [-0.3, -0.25) is 9.78 Å². The second-order valence-electron chi connectivity index (χ2n) is 3.45. The normalized spacial score (nSPS) is 12.1. The maximum absolute atomic E-state index is 11.7. The lowest BCUT2D eigenvalue weighted by atomic mass is 10.2. The van der Waals surface area contributed by atoms with Gasteiger partial charge in [-0.15, -0.1) is 0 Å². The summed E-state index contributed by atoms with van der Waals surface area (Å²) in [7, 11) is 0. The molecule has 2 heterocycles. The summed E-state index contributed by atoms with van der Waals surface area (Å²) < 4.78 is 4.35. The molecule has 7 heteroatoms. The molecule has 0 radical (unpaired) electrons. The van der Waals surface area contributed by atoms with Crippen molar-refractivity contribution in [3.63, 3.8) is 0 Å². The van der Waals surface area contributed by atoms with Crippen LogP contribution in [0.2, 0.25) is 0 Å². The Hall–Kier alpha value is -2.44. The van der Waals surface area contributed by atoms with Gasteiger partial charge in [-0.05, 0) is 29.4 Å². The lowest BCUT2D eigenvalue weighted by molar-refractivity contribution is 0.0930. The van der Waals surface area contributed by atoms with Gasteiger partial charge in [0.1, 0.15) is 0 Å². The molecule has 0 aliphatic rings. The molecule has 0 spiro atoms. The van der Waals surface area contributed by atoms with Gasteiger partial charge in [0, 0.05) is 6.20 Å². The first-order valence-corrected chi connectivity index (χ1v) is 4.98. The van der Waals surface area contributed by atoms with Crippen LogP contribution in [0.3, 0.4) is 0 Å². The molecule has 88 valence electrons. The molecule has 7 nitrogen and oxygen atoms in total. The lowest BCUT2D eigenvalue weighted by Crippen LogP contribution is -2.28. The Morgan fingerprint density at radius 2 is 2.29 bits per heavy atom. The lowest BCUT2D eigenvalue weighted by Gasteiger charge is -2.11. The molecule has 2 aromatic heterocycles. The number of aromatic nitrogens is 3. The van der Waals surface area contributed by atoms with E-state index in [1.807, 2.05) is 19.1 Å². The zero-order valence-electron chi connectivity index (χ0n) is 9.12. The number of carbonyl (C=O) groups excluding carboxylic acids is 1. The predicted molar refractivity (Wildman–Crippen MR) is 58.8 cm³/mol. The van der Waals surface area contributed by atoms with Crippen LogP contribution in [0.15, 0.2) is 29.0 Å². The van der Waals surface area contributed by atoms with Crippen molar-refractivity contribution >= 4 is 11.7 Å². The van der Waals surface area contributed by atoms with E-state index in [9.17, 15) is 4.79 Å². The highest BCUT2D eigenvalue weighted by molar-refractivity contribution is 5.96. The van der Waals surface area contributed by atoms with Crippen molar-refractivity contribution in [1.29, 1.82) is 0 Å². The van der Waals surface area contributed by atoms with Gasteiger partial charge >= 0.3 is 0 Å². The van der Waals surface area contributed by atoms with Crippen LogP contribution in [0.4, 0.5) is 5.82 Å². The smallest absolute Gasteiger partial charge is 0.277 e. The van der Waals surface area contributed by atoms with E-state index in [4.69, 9.17) is 5.73 Å². The monoisotopic (exact) mass is 233 g/mol. The molecular formula is C10H11N5O2. The molecule has 0 saturated carbocycles. The summed E-state index contributed by atoms with van der Waals surface area (Å²) in [5.41, 5.74) is 6.14. The molecule has 0 aromatic carbocycles. The largest absolute Gasteiger partial charge is 0.379 e. The number of hydrogen-bond acceptors (Lipinski definition) is 6. The third-order valence-electron chi connectivity index (χ3n) is 2.21. The van der Waals surface area contributed by atoms with Gasteiger partial charge in [-0.2, -0.15) is 0 Å². The van der Waals surface area contributed by atoms with Gasteiger partial charge in [-0.25, -0.2) is 4.63 Å². The minimum Gasteiger partial charge on any atom is -0.379 e. The highest BCUT2D eigenvalue weighted by atomic mass is 16.6. The number of nitrogens with one attached hydrogen (secondary N) is 1. The first-order chi connectivity index (χ1) is 8.18. The third-order valence-corrected chi connectivity index (χ3v) is 2.21. The summed E-state index contributed by atoms with van der Waals surface area (Å²) in [5.74, 6) is -0.474. The van der Waals surface area contributed by atoms with Crippen molar-refractivity contribution in [2.75, 3.05) is 5.73 Å². The number of hydrogen-bond donors (Lipinski definition) is 2. The Bertz CT molecular complexity index is 510. The van der Waals surface area contributed by atoms with Crippen molar-refractivity contribution in [2.45, 2.75) is 13.0 Å². The average Bonchev–Trinajstić information content (AvgIpc) is 2.76. The minimum absolute atomic E-state index is 0.0206. The molecule has 3 N–H and O–H groups in total. The summed E-state index contributed by atoms with van der Waals surface area (Å²) in [6.45, 7) is 1.81. The Morgan fingerprint density at radius 3 is 2.88 bits per heavy atom. The molecule has 0 saturated heterocycles. The summed E-state index contributed by atoms with van der Waals surface area (Å²) in [6, 6.07) is 5.21. The number of pyridine rings is 1. The van der Waals surface area contributed by atoms with Crippen LogP contribution in [0, 0.1) is 0 Å². The van der Waals surface area contributed by atoms with Crippen LogP contribution in [-0.4, -0.2) is 21.2 Å². The van der Waals surface area contributed by atoms with E-state index < -0.39 is 5.91 Å². The quantitative estimate of drug-likeness (QED) is 0.801. The average molecular weight is 233 g/mol. The second-order valence-corrected chi connectivity index (χ2v) is 3.45. The van der Waals surface area contributed by atoms with Crippen LogP contribution in [-0.2, 0) is 0 Å². The Labute approximate surface area is 97.0 Å². The standard InChI is InChI=1S/C10H11N5O2/c1-6(7-4-2-3-5-12-7)13-10(16)8-9(11)15-17-14-8/h2-6H,1H3,(H2,11,15)(H,13,16)/t6-/m0/s1. The van der Waals surface area contributed by atoms with Gasteiger partial charge in [0.2, 0.25) is 11.5 Å². The zero-order chi connectivity index (χ0) is 12.3. The fraction of sp³-hybridized carbons (Fsp3) is 0.200. The Morgan fingerprint density at radius 1 is 1.47 bits per heavy atom. The van der Waals surface area contributed by atoms with E-state index in [0.717, 1.165) is 5.69 Å². The third kappa shape index (κ3) is 2.39. The number of nitrogen functional groups attached to an aromatic ring is 1. The number of rotatable bonds is 3. The first-order valence-electron chi connectivity index (χ1n) is 4.98. The molecule has 0 aliphatic heterocycles. The summed E-state index contributed by atoms with van der Waals surface area (Å²) >= 11 is 0. The van der Waals surface area contributed by atoms with E-state index in [-0.39, 0.29) is 17.6 Å². The Kier molecular flexibility index (Phi) is 2.99. The zero-order valence-corrected chi connectivity index (χ0v) is 9.12. The van der Waals surface area contributed by atoms with Crippen molar-refractivity contribution < 1.29 is 9.42 Å². The van der Waals surface area contributed by atoms with Crippen molar-refractivity contribution in [1.82, 2.24) is 20.6 Å². The van der Waals surface area contributed by atoms with E-state index >= 15 is 0 Å². The van der Waals surface area contributed by atoms with Gasteiger partial charge in [0.15, 0.2) is 0 Å². The van der Waals surface area contributed by atoms with E-state index in [2.05, 4.69) is 25.2 Å². The van der Waals surface area contributed by atoms with Gasteiger partial charge < -0.3 is 11.1 Å². The van der Waals surface area contributed by atoms with Gasteiger partial charge in [0.05, 0.1) is 11.7 Å². The number of carbonyl (C=O) groups is 1. The summed E-state index contributed by atoms with van der Waals surface area (Å²) in [6.07, 6.45) is 1.66. The SMILES string of the molecule is C[C@H](NC(=O)c1nonc1N)c1ccccn1. The molecule has 0 bridgehead atoms. The molecular weight excluding hydrogens is 222 g/mol. The van der Waals surface area contributed by atoms with E-state index in [0.29, 0.717) is 0 Å². The molecule has 1 amide bonds. The van der Waals surface area contributed by atoms with Crippen LogP contribution in [0.25, 0.3) is 0 Å². The van der Waals surface area contributed by atoms with Crippen molar-refractivity contribution in [2.24, 2.45) is 0 Å². The number of amides is 1. The summed E-state index contributed by atoms with van der Waals surface area (Å²) in [5, 5.41) is 9.45. The van der Waals surface area contributed by atoms with Crippen LogP contribution < -0.4 is 11.1 Å². The topological polar surface area (TPSA) is 107 Å². The maximum Gasteiger partial charge on any atom is 0.277 e. The molecule has 0 fully saturated rings. The molecule has 17 heavy (non-hydrogen) atoms. The number of anilines is 1. The maximum atomic E-state index is 11.7. The molecule has 1 atom stereocenters. The van der Waals surface area contributed by atoms with E-state index in [1.165, 1.54) is 0 Å². The molecule has 0 unspecified atom stereocenters. The van der Waals surface area contributed by atoms with E-state index in [1.54, 1.807) is 12.3 Å². The number of nitrogens with two attached hydrogens (primary N) is 1. The molecule has 2 aromatic rings. The molecule has 2 rings (SSSR count). The highest BCUT2D eigenvalue weighted by Crippen LogP contribution is 2.10. The number of nitrogens with zero attached hydrogens (tertiary/aromatic N) is 3. The highest BCUT2D eigenvalue weighted by Gasteiger charge is 2.18. The van der Waals surface area contributed by atoms with Crippen molar-refractivity contribution in [3.8, 4) is 0 Å². The van der Waals surface area contributed by atoms with Crippen LogP contribution in [0.1, 0.15) is 29.1 Å². The van der Waals surface area contributed by atoms with Gasteiger partial charge in [0.25, 0.3) is 5.91 Å². The van der Waals surface area contributed by atoms with Crippen LogP contribution >= 0.6 is 0 Å². The fourth-order valence-electron chi connectivity index (χ4n) is 1.32. The van der Waals surface area contributed by atoms with Crippen LogP contribution in [0.5, 0.6) is 0 Å². The first kappa shape index (κ1) is 11.1. The summed E-state index contributed by atoms with van der Waals surface area (Å²) in [4.78, 5) is 15.9. The Balaban J connectivity index is 2.08. The second kappa shape index (κ2) is 4.60. The molecule has 0 aliphatic carbocycles. The van der Waals surface area contributed by atoms with Gasteiger partial charge in [-0.1, -0.05) is 6.07 Å². The van der Waals surface area contributed by atoms with Crippen molar-refractivity contribution in [3.05, 3.63) is 35.8 Å². The fourth-order valence-corrected chi connectivity index (χ4v) is 1.32. The minimum atomic E-state index is -0.443.